The van der Waals surface area contributed by atoms with Crippen LogP contribution in [0.5, 0.6) is 0 Å². The molecule has 2 rings (SSSR count). The Bertz CT molecular complexity index is 857. The molecule has 144 valence electrons. The monoisotopic (exact) mass is 381 g/mol. The van der Waals surface area contributed by atoms with Crippen LogP contribution in [0.3, 0.4) is 0 Å². The number of hydrogen-bond donors (Lipinski definition) is 1. The van der Waals surface area contributed by atoms with E-state index in [1.54, 1.807) is 24.3 Å². The van der Waals surface area contributed by atoms with Crippen LogP contribution < -0.4 is 15.8 Å². The van der Waals surface area contributed by atoms with Gasteiger partial charge in [-0.05, 0) is 12.5 Å². The van der Waals surface area contributed by atoms with E-state index >= 15 is 0 Å². The summed E-state index contributed by atoms with van der Waals surface area (Å²) in [7, 11) is 3.64. The van der Waals surface area contributed by atoms with Crippen LogP contribution in [-0.2, 0) is 0 Å². The van der Waals surface area contributed by atoms with E-state index in [2.05, 4.69) is 11.7 Å². The fourth-order valence-corrected chi connectivity index (χ4v) is 3.13. The molecular formula is C20H21BF5N. The van der Waals surface area contributed by atoms with Gasteiger partial charge in [-0.15, -0.1) is 16.8 Å². The van der Waals surface area contributed by atoms with E-state index in [0.717, 1.165) is 17.7 Å². The summed E-state index contributed by atoms with van der Waals surface area (Å²) >= 11 is 0. The fourth-order valence-electron chi connectivity index (χ4n) is 3.13. The molecule has 0 spiro atoms. The third-order valence-electron chi connectivity index (χ3n) is 4.55. The molecule has 2 aromatic carbocycles. The minimum absolute atomic E-state index is 0.490. The Balaban J connectivity index is 2.75. The number of halogens is 5. The van der Waals surface area contributed by atoms with Gasteiger partial charge in [-0.25, -0.2) is 22.0 Å². The molecule has 0 heterocycles. The van der Waals surface area contributed by atoms with Gasteiger partial charge in [-0.2, -0.15) is 0 Å². The molecule has 1 unspecified atom stereocenters. The molecule has 0 aliphatic heterocycles. The first kappa shape index (κ1) is 21.0. The fraction of sp³-hybridized carbons (Fsp3) is 0.300. The first-order valence-electron chi connectivity index (χ1n) is 8.89. The third-order valence-corrected chi connectivity index (χ3v) is 4.55. The van der Waals surface area contributed by atoms with Crippen molar-refractivity contribution in [1.82, 2.24) is 0 Å². The molecule has 0 radical (unpaired) electrons. The smallest absolute Gasteiger partial charge is 0.200 e. The van der Waals surface area contributed by atoms with Crippen molar-refractivity contribution in [1.29, 1.82) is 0 Å². The number of hydrogen-bond acceptors (Lipinski definition) is 0. The first-order valence-corrected chi connectivity index (χ1v) is 8.89. The molecule has 2 aromatic rings. The summed E-state index contributed by atoms with van der Waals surface area (Å²) in [6.07, 6.45) is 2.17. The summed E-state index contributed by atoms with van der Waals surface area (Å²) in [5.74, 6) is -3.96. The summed E-state index contributed by atoms with van der Waals surface area (Å²) < 4.78 is 70.0. The van der Waals surface area contributed by atoms with E-state index < -0.39 is 41.3 Å². The SMILES string of the molecule is CCCCC#C[BH-](c1ccccc1[NH+](C)C)c1c(F)c(F)c(F)c(F)c1F. The number of rotatable bonds is 5. The molecule has 0 bridgehead atoms. The predicted molar refractivity (Wildman–Crippen MR) is 98.9 cm³/mol. The molecule has 0 saturated carbocycles. The quantitative estimate of drug-likeness (QED) is 0.202. The Labute approximate surface area is 156 Å². The molecule has 7 heteroatoms. The van der Waals surface area contributed by atoms with Crippen LogP contribution in [0.15, 0.2) is 24.3 Å². The number of benzene rings is 2. The second-order valence-electron chi connectivity index (χ2n) is 6.69. The molecule has 27 heavy (non-hydrogen) atoms. The van der Waals surface area contributed by atoms with Crippen LogP contribution in [0.2, 0.25) is 0 Å². The Kier molecular flexibility index (Phi) is 7.03. The lowest BCUT2D eigenvalue weighted by atomic mass is 9.40. The van der Waals surface area contributed by atoms with Crippen molar-refractivity contribution in [3.05, 3.63) is 53.4 Å². The van der Waals surface area contributed by atoms with Crippen LogP contribution in [-0.4, -0.2) is 20.8 Å². The van der Waals surface area contributed by atoms with E-state index in [1.807, 2.05) is 21.0 Å². The minimum atomic E-state index is -2.32. The van der Waals surface area contributed by atoms with Crippen molar-refractivity contribution in [3.8, 4) is 11.7 Å². The average Bonchev–Trinajstić information content (AvgIpc) is 2.66. The Morgan fingerprint density at radius 2 is 1.44 bits per heavy atom. The summed E-state index contributed by atoms with van der Waals surface area (Å²) in [5, 5.41) is 0. The molecule has 0 saturated heterocycles. The molecule has 1 atom stereocenters. The molecule has 0 aliphatic carbocycles. The van der Waals surface area contributed by atoms with Crippen molar-refractivity contribution >= 4 is 23.3 Å². The third kappa shape index (κ3) is 4.33. The number of quaternary nitrogens is 1. The first-order chi connectivity index (χ1) is 12.8. The second-order valence-corrected chi connectivity index (χ2v) is 6.69. The standard InChI is InChI=1S/C20H20BF5N/c1-4-5-6-9-12-21(13-10-7-8-11-14(13)27(2)3)15-16(22)18(24)20(26)19(25)17(15)23/h7-8,10-11,21H,4-6H2,1-3H3/q-1/p+1. The van der Waals surface area contributed by atoms with Gasteiger partial charge in [0.1, 0.15) is 18.3 Å². The van der Waals surface area contributed by atoms with Crippen LogP contribution in [0.1, 0.15) is 26.2 Å². The highest BCUT2D eigenvalue weighted by atomic mass is 19.2. The topological polar surface area (TPSA) is 4.44 Å². The van der Waals surface area contributed by atoms with Crippen molar-refractivity contribution in [2.45, 2.75) is 26.2 Å². The summed E-state index contributed by atoms with van der Waals surface area (Å²) in [4.78, 5) is 0.863. The largest absolute Gasteiger partial charge is 0.310 e. The van der Waals surface area contributed by atoms with Gasteiger partial charge in [0.2, 0.25) is 0 Å². The molecule has 0 aliphatic rings. The lowest BCUT2D eigenvalue weighted by Gasteiger charge is -2.25. The lowest BCUT2D eigenvalue weighted by molar-refractivity contribution is -0.785. The molecule has 1 N–H and O–H groups in total. The van der Waals surface area contributed by atoms with Crippen LogP contribution >= 0.6 is 0 Å². The van der Waals surface area contributed by atoms with E-state index in [4.69, 9.17) is 0 Å². The lowest BCUT2D eigenvalue weighted by Crippen LogP contribution is -3.01. The average molecular weight is 381 g/mol. The van der Waals surface area contributed by atoms with Crippen molar-refractivity contribution in [2.75, 3.05) is 14.1 Å². The normalized spacial score (nSPS) is 12.0. The van der Waals surface area contributed by atoms with Gasteiger partial charge in [0.05, 0.1) is 19.8 Å². The van der Waals surface area contributed by atoms with Gasteiger partial charge in [-0.1, -0.05) is 31.5 Å². The van der Waals surface area contributed by atoms with E-state index in [9.17, 15) is 22.0 Å². The molecule has 1 nitrogen and oxygen atoms in total. The van der Waals surface area contributed by atoms with E-state index in [-0.39, 0.29) is 0 Å². The number of nitrogens with one attached hydrogen (secondary N) is 1. The highest BCUT2D eigenvalue weighted by molar-refractivity contribution is 6.92. The van der Waals surface area contributed by atoms with Crippen molar-refractivity contribution in [2.24, 2.45) is 0 Å². The van der Waals surface area contributed by atoms with Gasteiger partial charge in [0.25, 0.3) is 0 Å². The second kappa shape index (κ2) is 9.05. The maximum Gasteiger partial charge on any atom is 0.200 e. The molecule has 0 amide bonds. The minimum Gasteiger partial charge on any atom is -0.310 e. The van der Waals surface area contributed by atoms with E-state index in [1.165, 1.54) is 0 Å². The maximum atomic E-state index is 14.5. The molecule has 0 aromatic heterocycles. The predicted octanol–water partition coefficient (Wildman–Crippen LogP) is 2.23. The maximum absolute atomic E-state index is 14.5. The van der Waals surface area contributed by atoms with Crippen LogP contribution in [0.25, 0.3) is 0 Å². The summed E-state index contributed by atoms with van der Waals surface area (Å²) in [6, 6.07) is 6.81. The van der Waals surface area contributed by atoms with Crippen molar-refractivity contribution < 1.29 is 26.9 Å². The van der Waals surface area contributed by atoms with Gasteiger partial charge < -0.3 is 10.7 Å². The van der Waals surface area contributed by atoms with Gasteiger partial charge >= 0.3 is 0 Å². The zero-order valence-electron chi connectivity index (χ0n) is 15.5. The number of unbranched alkanes of at least 4 members (excludes halogenated alkanes) is 2. The van der Waals surface area contributed by atoms with Gasteiger partial charge in [0.15, 0.2) is 17.5 Å². The van der Waals surface area contributed by atoms with Gasteiger partial charge in [0, 0.05) is 6.42 Å². The zero-order valence-corrected chi connectivity index (χ0v) is 15.5. The zero-order chi connectivity index (χ0) is 20.1. The summed E-state index contributed by atoms with van der Waals surface area (Å²) in [5.41, 5.74) is 0.361. The van der Waals surface area contributed by atoms with Crippen LogP contribution in [0, 0.1) is 40.8 Å². The number of para-hydroxylation sites is 1. The molecular weight excluding hydrogens is 360 g/mol. The van der Waals surface area contributed by atoms with Crippen LogP contribution in [0.4, 0.5) is 27.6 Å². The Morgan fingerprint density at radius 3 is 2.00 bits per heavy atom. The Morgan fingerprint density at radius 1 is 0.889 bits per heavy atom. The Hall–Kier alpha value is -2.33. The van der Waals surface area contributed by atoms with Gasteiger partial charge in [-0.3, -0.25) is 0 Å². The molecule has 0 fully saturated rings. The summed E-state index contributed by atoms with van der Waals surface area (Å²) in [6.45, 7) is -0.347. The highest BCUT2D eigenvalue weighted by Gasteiger charge is 2.27. The van der Waals surface area contributed by atoms with Crippen molar-refractivity contribution in [3.63, 3.8) is 0 Å². The highest BCUT2D eigenvalue weighted by Crippen LogP contribution is 2.17. The van der Waals surface area contributed by atoms with E-state index in [0.29, 0.717) is 17.6 Å².